The maximum atomic E-state index is 14.1. The van der Waals surface area contributed by atoms with Gasteiger partial charge in [0.25, 0.3) is 0 Å². The summed E-state index contributed by atoms with van der Waals surface area (Å²) in [6.07, 6.45) is -2.17. The van der Waals surface area contributed by atoms with E-state index in [9.17, 15) is 17.6 Å². The van der Waals surface area contributed by atoms with Gasteiger partial charge >= 0.3 is 6.18 Å². The number of alkyl halides is 4. The molecule has 0 aromatic heterocycles. The first-order chi connectivity index (χ1) is 7.27. The van der Waals surface area contributed by atoms with Gasteiger partial charge in [-0.1, -0.05) is 6.42 Å². The summed E-state index contributed by atoms with van der Waals surface area (Å²) in [4.78, 5) is 0. The third-order valence-electron chi connectivity index (χ3n) is 4.01. The Bertz CT molecular complexity index is 272. The quantitative estimate of drug-likeness (QED) is 0.735. The van der Waals surface area contributed by atoms with Crippen LogP contribution in [0.3, 0.4) is 0 Å². The highest BCUT2D eigenvalue weighted by molar-refractivity contribution is 5.06. The van der Waals surface area contributed by atoms with E-state index >= 15 is 0 Å². The van der Waals surface area contributed by atoms with Gasteiger partial charge in [-0.25, -0.2) is 4.39 Å². The molecule has 0 heterocycles. The van der Waals surface area contributed by atoms with E-state index in [1.165, 1.54) is 0 Å². The zero-order valence-electron chi connectivity index (χ0n) is 9.12. The molecule has 2 aliphatic rings. The zero-order chi connectivity index (χ0) is 12.0. The van der Waals surface area contributed by atoms with Gasteiger partial charge < -0.3 is 5.73 Å². The minimum absolute atomic E-state index is 0.184. The predicted molar refractivity (Wildman–Crippen MR) is 52.6 cm³/mol. The number of halogens is 4. The van der Waals surface area contributed by atoms with Gasteiger partial charge in [0.15, 0.2) is 0 Å². The van der Waals surface area contributed by atoms with Crippen molar-refractivity contribution >= 4 is 0 Å². The normalized spacial score (nSPS) is 38.4. The van der Waals surface area contributed by atoms with Crippen molar-refractivity contribution in [1.29, 1.82) is 0 Å². The average molecular weight is 239 g/mol. The predicted octanol–water partition coefficient (Wildman–Crippen LogP) is 3.33. The third-order valence-corrected chi connectivity index (χ3v) is 4.01. The summed E-state index contributed by atoms with van der Waals surface area (Å²) in [6, 6.07) is 0. The lowest BCUT2D eigenvalue weighted by Crippen LogP contribution is -2.51. The van der Waals surface area contributed by atoms with Gasteiger partial charge in [0.2, 0.25) is 5.67 Å². The Morgan fingerprint density at radius 3 is 2.25 bits per heavy atom. The van der Waals surface area contributed by atoms with Gasteiger partial charge in [0.05, 0.1) is 0 Å². The smallest absolute Gasteiger partial charge is 0.325 e. The van der Waals surface area contributed by atoms with Crippen molar-refractivity contribution in [3.8, 4) is 0 Å². The molecule has 2 unspecified atom stereocenters. The lowest BCUT2D eigenvalue weighted by Gasteiger charge is -2.40. The molecule has 2 rings (SSSR count). The molecule has 94 valence electrons. The van der Waals surface area contributed by atoms with Crippen molar-refractivity contribution in [2.75, 3.05) is 0 Å². The summed E-state index contributed by atoms with van der Waals surface area (Å²) in [5.41, 5.74) is 2.30. The van der Waals surface area contributed by atoms with Gasteiger partial charge in [-0.15, -0.1) is 0 Å². The van der Waals surface area contributed by atoms with Crippen molar-refractivity contribution in [3.63, 3.8) is 0 Å². The summed E-state index contributed by atoms with van der Waals surface area (Å²) in [5, 5.41) is 0. The summed E-state index contributed by atoms with van der Waals surface area (Å²) in [5.74, 6) is -0.936. The molecule has 2 atom stereocenters. The lowest BCUT2D eigenvalue weighted by atomic mass is 9.73. The van der Waals surface area contributed by atoms with E-state index in [-0.39, 0.29) is 6.42 Å². The Morgan fingerprint density at radius 1 is 1.12 bits per heavy atom. The first-order valence-electron chi connectivity index (χ1n) is 5.81. The van der Waals surface area contributed by atoms with E-state index in [0.29, 0.717) is 19.3 Å². The van der Waals surface area contributed by atoms with Crippen molar-refractivity contribution < 1.29 is 17.6 Å². The maximum Gasteiger partial charge on any atom is 0.422 e. The summed E-state index contributed by atoms with van der Waals surface area (Å²) in [6.45, 7) is 0. The highest BCUT2D eigenvalue weighted by atomic mass is 19.4. The molecule has 0 amide bonds. The largest absolute Gasteiger partial charge is 0.422 e. The van der Waals surface area contributed by atoms with Crippen LogP contribution in [0.5, 0.6) is 0 Å². The molecule has 0 saturated heterocycles. The molecule has 0 radical (unpaired) electrons. The molecule has 0 spiro atoms. The summed E-state index contributed by atoms with van der Waals surface area (Å²) in [7, 11) is 0. The number of hydrogen-bond donors (Lipinski definition) is 1. The first kappa shape index (κ1) is 12.1. The number of nitrogens with two attached hydrogens (primary N) is 1. The SMILES string of the molecule is NC1(CC2CCCCC2(F)C(F)(F)F)CC1. The molecule has 0 aromatic carbocycles. The highest BCUT2D eigenvalue weighted by Gasteiger charge is 2.62. The maximum absolute atomic E-state index is 14.1. The molecule has 5 heteroatoms. The Labute approximate surface area is 92.4 Å². The molecule has 0 aromatic rings. The third kappa shape index (κ3) is 2.06. The number of rotatable bonds is 2. The van der Waals surface area contributed by atoms with Crippen LogP contribution in [0.25, 0.3) is 0 Å². The molecule has 0 aliphatic heterocycles. The second-order valence-electron chi connectivity index (χ2n) is 5.37. The molecule has 2 fully saturated rings. The zero-order valence-corrected chi connectivity index (χ0v) is 9.12. The van der Waals surface area contributed by atoms with Crippen molar-refractivity contribution in [3.05, 3.63) is 0 Å². The molecule has 2 aliphatic carbocycles. The first-order valence-corrected chi connectivity index (χ1v) is 5.81. The Kier molecular flexibility index (Phi) is 2.72. The monoisotopic (exact) mass is 239 g/mol. The standard InChI is InChI=1S/C11H17F4N/c12-10(11(13,14)15)4-2-1-3-8(10)7-9(16)5-6-9/h8H,1-7,16H2. The van der Waals surface area contributed by atoms with Crippen molar-refractivity contribution in [2.24, 2.45) is 11.7 Å². The van der Waals surface area contributed by atoms with E-state index in [1.807, 2.05) is 0 Å². The van der Waals surface area contributed by atoms with Crippen LogP contribution in [0.4, 0.5) is 17.6 Å². The van der Waals surface area contributed by atoms with Crippen LogP contribution in [-0.4, -0.2) is 17.4 Å². The van der Waals surface area contributed by atoms with Gasteiger partial charge in [0, 0.05) is 11.5 Å². The fourth-order valence-electron chi connectivity index (χ4n) is 2.70. The van der Waals surface area contributed by atoms with Crippen LogP contribution in [0.1, 0.15) is 44.9 Å². The number of hydrogen-bond acceptors (Lipinski definition) is 1. The Morgan fingerprint density at radius 2 is 1.75 bits per heavy atom. The average Bonchev–Trinajstić information content (AvgIpc) is 2.86. The van der Waals surface area contributed by atoms with Crippen LogP contribution < -0.4 is 5.73 Å². The van der Waals surface area contributed by atoms with Crippen LogP contribution in [0.15, 0.2) is 0 Å². The Balaban J connectivity index is 2.13. The minimum Gasteiger partial charge on any atom is -0.325 e. The van der Waals surface area contributed by atoms with E-state index in [1.54, 1.807) is 0 Å². The molecular weight excluding hydrogens is 222 g/mol. The van der Waals surface area contributed by atoms with Gasteiger partial charge in [0.1, 0.15) is 0 Å². The van der Waals surface area contributed by atoms with E-state index in [4.69, 9.17) is 5.73 Å². The summed E-state index contributed by atoms with van der Waals surface area (Å²) < 4.78 is 52.4. The lowest BCUT2D eigenvalue weighted by molar-refractivity contribution is -0.258. The van der Waals surface area contributed by atoms with Crippen LogP contribution in [-0.2, 0) is 0 Å². The molecule has 1 nitrogen and oxygen atoms in total. The van der Waals surface area contributed by atoms with E-state index < -0.39 is 29.7 Å². The van der Waals surface area contributed by atoms with Gasteiger partial charge in [-0.2, -0.15) is 13.2 Å². The summed E-state index contributed by atoms with van der Waals surface area (Å²) >= 11 is 0. The Hall–Kier alpha value is -0.320. The van der Waals surface area contributed by atoms with Crippen LogP contribution in [0, 0.1) is 5.92 Å². The second kappa shape index (κ2) is 3.59. The fraction of sp³-hybridized carbons (Fsp3) is 1.00. The van der Waals surface area contributed by atoms with E-state index in [2.05, 4.69) is 0 Å². The van der Waals surface area contributed by atoms with Gasteiger partial charge in [-0.05, 0) is 38.5 Å². The van der Waals surface area contributed by atoms with E-state index in [0.717, 1.165) is 12.8 Å². The molecular formula is C11H17F4N. The van der Waals surface area contributed by atoms with Gasteiger partial charge in [-0.3, -0.25) is 0 Å². The van der Waals surface area contributed by atoms with Crippen molar-refractivity contribution in [2.45, 2.75) is 62.3 Å². The molecule has 2 saturated carbocycles. The minimum atomic E-state index is -4.75. The second-order valence-corrected chi connectivity index (χ2v) is 5.37. The van der Waals surface area contributed by atoms with Crippen molar-refractivity contribution in [1.82, 2.24) is 0 Å². The fourth-order valence-corrected chi connectivity index (χ4v) is 2.70. The topological polar surface area (TPSA) is 26.0 Å². The molecule has 16 heavy (non-hydrogen) atoms. The highest BCUT2D eigenvalue weighted by Crippen LogP contribution is 2.53. The van der Waals surface area contributed by atoms with Crippen LogP contribution >= 0.6 is 0 Å². The van der Waals surface area contributed by atoms with Crippen LogP contribution in [0.2, 0.25) is 0 Å². The molecule has 0 bridgehead atoms. The molecule has 2 N–H and O–H groups in total.